The molecule has 84 valence electrons. The van der Waals surface area contributed by atoms with Gasteiger partial charge in [0.25, 0.3) is 5.91 Å². The Hall–Kier alpha value is -1.38. The summed E-state index contributed by atoms with van der Waals surface area (Å²) in [4.78, 5) is 11.1. The van der Waals surface area contributed by atoms with Gasteiger partial charge in [0.2, 0.25) is 10.1 Å². The summed E-state index contributed by atoms with van der Waals surface area (Å²) in [5, 5.41) is 8.85. The van der Waals surface area contributed by atoms with E-state index in [1.807, 2.05) is 0 Å². The van der Waals surface area contributed by atoms with E-state index in [1.165, 1.54) is 0 Å². The van der Waals surface area contributed by atoms with Gasteiger partial charge in [-0.3, -0.25) is 4.79 Å². The van der Waals surface area contributed by atoms with Gasteiger partial charge >= 0.3 is 6.18 Å². The molecular weight excluding hydrogens is 233 g/mol. The molecule has 1 heterocycles. The molecular formula is C6H7F3N4OS. The smallest absolute Gasteiger partial charge is 0.374 e. The van der Waals surface area contributed by atoms with Gasteiger partial charge in [-0.05, 0) is 0 Å². The van der Waals surface area contributed by atoms with Crippen molar-refractivity contribution >= 4 is 22.4 Å². The lowest BCUT2D eigenvalue weighted by atomic mass is 10.4. The van der Waals surface area contributed by atoms with E-state index in [0.717, 1.165) is 11.3 Å². The highest BCUT2D eigenvalue weighted by molar-refractivity contribution is 7.16. The van der Waals surface area contributed by atoms with E-state index in [1.54, 1.807) is 0 Å². The fourth-order valence-electron chi connectivity index (χ4n) is 0.720. The standard InChI is InChI=1S/C6H7F3N4OS/c7-6(8,9)1-2-11-3(14)4-12-13-5(10)15-4/h1-2H2,(H2,10,13)(H,11,14). The van der Waals surface area contributed by atoms with E-state index in [9.17, 15) is 18.0 Å². The number of halogens is 3. The van der Waals surface area contributed by atoms with Crippen molar-refractivity contribution in [2.75, 3.05) is 12.3 Å². The topological polar surface area (TPSA) is 80.9 Å². The summed E-state index contributed by atoms with van der Waals surface area (Å²) in [6.45, 7) is -0.484. The van der Waals surface area contributed by atoms with Crippen LogP contribution in [0.4, 0.5) is 18.3 Å². The molecule has 0 bridgehead atoms. The average molecular weight is 240 g/mol. The fraction of sp³-hybridized carbons (Fsp3) is 0.500. The number of carbonyl (C=O) groups is 1. The van der Waals surface area contributed by atoms with Crippen LogP contribution in [0.1, 0.15) is 16.2 Å². The number of alkyl halides is 3. The van der Waals surface area contributed by atoms with E-state index in [0.29, 0.717) is 0 Å². The number of nitrogens with zero attached hydrogens (tertiary/aromatic N) is 2. The molecule has 0 saturated heterocycles. The summed E-state index contributed by atoms with van der Waals surface area (Å²) in [7, 11) is 0. The van der Waals surface area contributed by atoms with Gasteiger partial charge in [-0.2, -0.15) is 13.2 Å². The SMILES string of the molecule is Nc1nnc(C(=O)NCCC(F)(F)F)s1. The highest BCUT2D eigenvalue weighted by Crippen LogP contribution is 2.18. The Labute approximate surface area is 86.5 Å². The third-order valence-electron chi connectivity index (χ3n) is 1.33. The number of aromatic nitrogens is 2. The zero-order valence-corrected chi connectivity index (χ0v) is 8.15. The zero-order valence-electron chi connectivity index (χ0n) is 7.34. The molecule has 1 amide bonds. The van der Waals surface area contributed by atoms with Gasteiger partial charge in [0.05, 0.1) is 6.42 Å². The van der Waals surface area contributed by atoms with E-state index < -0.39 is 25.0 Å². The minimum atomic E-state index is -4.28. The summed E-state index contributed by atoms with van der Waals surface area (Å²) >= 11 is 0.816. The molecule has 1 aromatic heterocycles. The van der Waals surface area contributed by atoms with Gasteiger partial charge in [-0.1, -0.05) is 11.3 Å². The number of hydrogen-bond acceptors (Lipinski definition) is 5. The van der Waals surface area contributed by atoms with Crippen LogP contribution in [0.15, 0.2) is 0 Å². The molecule has 9 heteroatoms. The molecule has 15 heavy (non-hydrogen) atoms. The predicted molar refractivity (Wildman–Crippen MR) is 47.3 cm³/mol. The Balaban J connectivity index is 2.37. The van der Waals surface area contributed by atoms with Crippen LogP contribution >= 0.6 is 11.3 Å². The third-order valence-corrected chi connectivity index (χ3v) is 2.08. The zero-order chi connectivity index (χ0) is 11.5. The van der Waals surface area contributed by atoms with Crippen LogP contribution in [0, 0.1) is 0 Å². The van der Waals surface area contributed by atoms with Crippen LogP contribution in [0.5, 0.6) is 0 Å². The van der Waals surface area contributed by atoms with Crippen LogP contribution in [0.2, 0.25) is 0 Å². The van der Waals surface area contributed by atoms with Crippen molar-refractivity contribution in [3.8, 4) is 0 Å². The summed E-state index contributed by atoms with van der Waals surface area (Å²) < 4.78 is 35.1. The van der Waals surface area contributed by atoms with E-state index >= 15 is 0 Å². The van der Waals surface area contributed by atoms with E-state index in [2.05, 4.69) is 15.5 Å². The summed E-state index contributed by atoms with van der Waals surface area (Å²) in [5.41, 5.74) is 5.20. The van der Waals surface area contributed by atoms with E-state index in [4.69, 9.17) is 5.73 Å². The number of hydrogen-bond donors (Lipinski definition) is 2. The lowest BCUT2D eigenvalue weighted by Gasteiger charge is -2.05. The molecule has 0 unspecified atom stereocenters. The van der Waals surface area contributed by atoms with Gasteiger partial charge in [-0.25, -0.2) is 0 Å². The van der Waals surface area contributed by atoms with Crippen molar-refractivity contribution in [2.45, 2.75) is 12.6 Å². The number of amides is 1. The molecule has 0 aliphatic carbocycles. The molecule has 0 fully saturated rings. The largest absolute Gasteiger partial charge is 0.390 e. The number of rotatable bonds is 3. The minimum absolute atomic E-state index is 0.0466. The normalized spacial score (nSPS) is 11.4. The quantitative estimate of drug-likeness (QED) is 0.818. The van der Waals surface area contributed by atoms with Crippen LogP contribution in [-0.2, 0) is 0 Å². The lowest BCUT2D eigenvalue weighted by molar-refractivity contribution is -0.132. The number of anilines is 1. The van der Waals surface area contributed by atoms with Crippen molar-refractivity contribution in [3.05, 3.63) is 5.01 Å². The van der Waals surface area contributed by atoms with Crippen LogP contribution in [0.3, 0.4) is 0 Å². The van der Waals surface area contributed by atoms with Crippen LogP contribution in [0.25, 0.3) is 0 Å². The Bertz CT molecular complexity index is 350. The Kier molecular flexibility index (Phi) is 3.45. The molecule has 0 radical (unpaired) electrons. The second-order valence-electron chi connectivity index (χ2n) is 2.57. The number of nitrogens with two attached hydrogens (primary N) is 1. The highest BCUT2D eigenvalue weighted by atomic mass is 32.1. The molecule has 1 rings (SSSR count). The van der Waals surface area contributed by atoms with Crippen molar-refractivity contribution in [3.63, 3.8) is 0 Å². The molecule has 3 N–H and O–H groups in total. The molecule has 0 aliphatic heterocycles. The van der Waals surface area contributed by atoms with Crippen LogP contribution < -0.4 is 11.1 Å². The van der Waals surface area contributed by atoms with E-state index in [-0.39, 0.29) is 10.1 Å². The maximum Gasteiger partial charge on any atom is 0.390 e. The molecule has 1 aromatic rings. The molecule has 0 atom stereocenters. The van der Waals surface area contributed by atoms with Crippen molar-refractivity contribution in [2.24, 2.45) is 0 Å². The maximum atomic E-state index is 11.7. The molecule has 0 aliphatic rings. The van der Waals surface area contributed by atoms with Crippen molar-refractivity contribution in [1.82, 2.24) is 15.5 Å². The van der Waals surface area contributed by atoms with Crippen molar-refractivity contribution < 1.29 is 18.0 Å². The second-order valence-corrected chi connectivity index (χ2v) is 3.58. The van der Waals surface area contributed by atoms with Gasteiger partial charge in [0.1, 0.15) is 0 Å². The predicted octanol–water partition coefficient (Wildman–Crippen LogP) is 0.802. The number of nitrogen functional groups attached to an aromatic ring is 1. The highest BCUT2D eigenvalue weighted by Gasteiger charge is 2.26. The third kappa shape index (κ3) is 4.11. The first-order valence-electron chi connectivity index (χ1n) is 3.82. The summed E-state index contributed by atoms with van der Waals surface area (Å²) in [6.07, 6.45) is -5.36. The first kappa shape index (κ1) is 11.7. The first-order valence-corrected chi connectivity index (χ1v) is 4.64. The minimum Gasteiger partial charge on any atom is -0.374 e. The average Bonchev–Trinajstić information content (AvgIpc) is 2.49. The Morgan fingerprint density at radius 1 is 1.47 bits per heavy atom. The van der Waals surface area contributed by atoms with Crippen LogP contribution in [-0.4, -0.2) is 28.8 Å². The molecule has 0 aromatic carbocycles. The maximum absolute atomic E-state index is 11.7. The summed E-state index contributed by atoms with van der Waals surface area (Å²) in [6, 6.07) is 0. The number of nitrogens with one attached hydrogen (secondary N) is 1. The molecule has 5 nitrogen and oxygen atoms in total. The van der Waals surface area contributed by atoms with Gasteiger partial charge in [0, 0.05) is 6.54 Å². The van der Waals surface area contributed by atoms with Gasteiger partial charge in [-0.15, -0.1) is 10.2 Å². The lowest BCUT2D eigenvalue weighted by Crippen LogP contribution is -2.27. The second kappa shape index (κ2) is 4.43. The fourth-order valence-corrected chi connectivity index (χ4v) is 1.25. The Morgan fingerprint density at radius 2 is 2.13 bits per heavy atom. The first-order chi connectivity index (χ1) is 6.88. The van der Waals surface area contributed by atoms with Gasteiger partial charge in [0.15, 0.2) is 0 Å². The summed E-state index contributed by atoms with van der Waals surface area (Å²) in [5.74, 6) is -0.701. The Morgan fingerprint density at radius 3 is 2.60 bits per heavy atom. The monoisotopic (exact) mass is 240 g/mol. The van der Waals surface area contributed by atoms with Crippen molar-refractivity contribution in [1.29, 1.82) is 0 Å². The number of carbonyl (C=O) groups excluding carboxylic acids is 1. The molecule has 0 saturated carbocycles. The molecule has 0 spiro atoms. The van der Waals surface area contributed by atoms with Gasteiger partial charge < -0.3 is 11.1 Å².